The van der Waals surface area contributed by atoms with Crippen LogP contribution in [0.25, 0.3) is 0 Å². The highest BCUT2D eigenvalue weighted by Gasteiger charge is 2.44. The third kappa shape index (κ3) is 32.8. The van der Waals surface area contributed by atoms with Crippen LogP contribution in [0, 0.1) is 0 Å². The molecule has 1 fully saturated rings. The highest BCUT2D eigenvalue weighted by atomic mass is 16.7. The van der Waals surface area contributed by atoms with Crippen molar-refractivity contribution in [2.75, 3.05) is 13.2 Å². The van der Waals surface area contributed by atoms with E-state index in [1.807, 2.05) is 6.08 Å². The molecule has 0 aromatic carbocycles. The average molecular weight is 876 g/mol. The summed E-state index contributed by atoms with van der Waals surface area (Å²) in [5.74, 6) is -0.193. The van der Waals surface area contributed by atoms with Crippen LogP contribution in [0.3, 0.4) is 0 Å². The van der Waals surface area contributed by atoms with Crippen LogP contribution < -0.4 is 5.32 Å². The molecule has 1 aliphatic rings. The molecule has 1 aliphatic heterocycles. The van der Waals surface area contributed by atoms with Gasteiger partial charge in [-0.1, -0.05) is 197 Å². The van der Waals surface area contributed by atoms with E-state index in [0.717, 1.165) is 51.4 Å². The quantitative estimate of drug-likeness (QED) is 0.0262. The fraction of sp³-hybridized carbons (Fsp3) is 0.830. The normalized spacial score (nSPS) is 20.7. The number of amides is 1. The lowest BCUT2D eigenvalue weighted by Gasteiger charge is -2.40. The zero-order chi connectivity index (χ0) is 45.1. The SMILES string of the molecule is CCCCC/C=C/CC/C=C/CC/C=C/C(O)C(COC1OC(CO)C(O)C(O)C1O)NC(=O)CCCCCCCCCCCC/C=C\CCCCCCCCCCCCCC. The Kier molecular flexibility index (Phi) is 40.4. The van der Waals surface area contributed by atoms with Crippen molar-refractivity contribution in [2.45, 2.75) is 269 Å². The Bertz CT molecular complexity index is 1110. The lowest BCUT2D eigenvalue weighted by Crippen LogP contribution is -2.60. The lowest BCUT2D eigenvalue weighted by molar-refractivity contribution is -0.302. The van der Waals surface area contributed by atoms with Gasteiger partial charge in [0.05, 0.1) is 25.4 Å². The second-order valence-corrected chi connectivity index (χ2v) is 17.9. The van der Waals surface area contributed by atoms with Crippen molar-refractivity contribution in [2.24, 2.45) is 0 Å². The summed E-state index contributed by atoms with van der Waals surface area (Å²) >= 11 is 0. The van der Waals surface area contributed by atoms with Crippen molar-refractivity contribution in [3.05, 3.63) is 48.6 Å². The predicted molar refractivity (Wildman–Crippen MR) is 258 cm³/mol. The summed E-state index contributed by atoms with van der Waals surface area (Å²) in [6.45, 7) is 3.72. The molecule has 9 nitrogen and oxygen atoms in total. The first-order valence-corrected chi connectivity index (χ1v) is 25.9. The minimum atomic E-state index is -1.57. The number of aliphatic hydroxyl groups excluding tert-OH is 5. The summed E-state index contributed by atoms with van der Waals surface area (Å²) in [6.07, 6.45) is 48.9. The van der Waals surface area contributed by atoms with Crippen molar-refractivity contribution < 1.29 is 39.8 Å². The molecule has 0 radical (unpaired) electrons. The molecule has 1 rings (SSSR count). The molecule has 7 unspecified atom stereocenters. The van der Waals surface area contributed by atoms with Crippen molar-refractivity contribution in [3.8, 4) is 0 Å². The van der Waals surface area contributed by atoms with Crippen molar-refractivity contribution in [1.29, 1.82) is 0 Å². The van der Waals surface area contributed by atoms with E-state index in [2.05, 4.69) is 55.6 Å². The molecule has 0 saturated carbocycles. The Hall–Kier alpha value is -1.85. The van der Waals surface area contributed by atoms with Gasteiger partial charge >= 0.3 is 0 Å². The smallest absolute Gasteiger partial charge is 0.220 e. The van der Waals surface area contributed by atoms with Gasteiger partial charge in [0.25, 0.3) is 0 Å². The predicted octanol–water partition coefficient (Wildman–Crippen LogP) is 11.8. The number of carbonyl (C=O) groups excluding carboxylic acids is 1. The minimum Gasteiger partial charge on any atom is -0.394 e. The van der Waals surface area contributed by atoms with E-state index in [0.29, 0.717) is 6.42 Å². The molecular formula is C53H97NO8. The fourth-order valence-corrected chi connectivity index (χ4v) is 7.95. The highest BCUT2D eigenvalue weighted by Crippen LogP contribution is 2.23. The van der Waals surface area contributed by atoms with Crippen LogP contribution in [0.5, 0.6) is 0 Å². The number of allylic oxidation sites excluding steroid dienone is 7. The van der Waals surface area contributed by atoms with Crippen LogP contribution in [-0.4, -0.2) is 87.5 Å². The molecule has 1 heterocycles. The van der Waals surface area contributed by atoms with Gasteiger partial charge in [-0.05, 0) is 70.6 Å². The third-order valence-electron chi connectivity index (χ3n) is 12.1. The van der Waals surface area contributed by atoms with E-state index in [4.69, 9.17) is 9.47 Å². The van der Waals surface area contributed by atoms with Gasteiger partial charge in [-0.3, -0.25) is 4.79 Å². The summed E-state index contributed by atoms with van der Waals surface area (Å²) in [6, 6.07) is -0.828. The molecule has 1 amide bonds. The Balaban J connectivity index is 2.24. The van der Waals surface area contributed by atoms with E-state index >= 15 is 0 Å². The number of unbranched alkanes of at least 4 members (excludes halogenated alkanes) is 27. The Morgan fingerprint density at radius 2 is 0.919 bits per heavy atom. The number of aliphatic hydroxyl groups is 5. The van der Waals surface area contributed by atoms with Crippen LogP contribution in [0.4, 0.5) is 0 Å². The van der Waals surface area contributed by atoms with Crippen LogP contribution in [0.1, 0.15) is 226 Å². The summed E-state index contributed by atoms with van der Waals surface area (Å²) < 4.78 is 11.2. The molecule has 9 heteroatoms. The first-order valence-electron chi connectivity index (χ1n) is 25.9. The molecule has 0 spiro atoms. The summed E-state index contributed by atoms with van der Waals surface area (Å²) in [5.41, 5.74) is 0. The molecule has 1 saturated heterocycles. The summed E-state index contributed by atoms with van der Waals surface area (Å²) in [5, 5.41) is 54.2. The van der Waals surface area contributed by atoms with Gasteiger partial charge < -0.3 is 40.3 Å². The highest BCUT2D eigenvalue weighted by molar-refractivity contribution is 5.76. The van der Waals surface area contributed by atoms with Gasteiger partial charge in [0.15, 0.2) is 6.29 Å². The minimum absolute atomic E-state index is 0.193. The van der Waals surface area contributed by atoms with Crippen molar-refractivity contribution in [1.82, 2.24) is 5.32 Å². The monoisotopic (exact) mass is 876 g/mol. The molecule has 0 aromatic heterocycles. The lowest BCUT2D eigenvalue weighted by atomic mass is 9.99. The number of carbonyl (C=O) groups is 1. The first-order chi connectivity index (χ1) is 30.3. The van der Waals surface area contributed by atoms with E-state index < -0.39 is 49.5 Å². The average Bonchev–Trinajstić information content (AvgIpc) is 3.27. The fourth-order valence-electron chi connectivity index (χ4n) is 7.95. The molecule has 7 atom stereocenters. The Morgan fingerprint density at radius 1 is 0.532 bits per heavy atom. The van der Waals surface area contributed by atoms with Gasteiger partial charge in [0.2, 0.25) is 5.91 Å². The van der Waals surface area contributed by atoms with Crippen LogP contribution >= 0.6 is 0 Å². The molecule has 362 valence electrons. The zero-order valence-electron chi connectivity index (χ0n) is 39.9. The number of hydrogen-bond acceptors (Lipinski definition) is 8. The molecule has 62 heavy (non-hydrogen) atoms. The number of rotatable bonds is 43. The molecular weight excluding hydrogens is 779 g/mol. The van der Waals surface area contributed by atoms with Crippen LogP contribution in [0.2, 0.25) is 0 Å². The van der Waals surface area contributed by atoms with E-state index in [-0.39, 0.29) is 12.5 Å². The summed E-state index contributed by atoms with van der Waals surface area (Å²) in [7, 11) is 0. The van der Waals surface area contributed by atoms with Crippen LogP contribution in [0.15, 0.2) is 48.6 Å². The molecule has 0 aliphatic carbocycles. The second kappa shape index (κ2) is 43.1. The van der Waals surface area contributed by atoms with Crippen molar-refractivity contribution in [3.63, 3.8) is 0 Å². The number of ether oxygens (including phenoxy) is 2. The van der Waals surface area contributed by atoms with Gasteiger partial charge in [-0.25, -0.2) is 0 Å². The Labute approximate surface area is 380 Å². The zero-order valence-corrected chi connectivity index (χ0v) is 39.9. The maximum atomic E-state index is 13.0. The van der Waals surface area contributed by atoms with E-state index in [9.17, 15) is 30.3 Å². The van der Waals surface area contributed by atoms with E-state index in [1.54, 1.807) is 6.08 Å². The number of hydrogen-bond donors (Lipinski definition) is 6. The molecule has 6 N–H and O–H groups in total. The topological polar surface area (TPSA) is 149 Å². The molecule has 0 aromatic rings. The summed E-state index contributed by atoms with van der Waals surface area (Å²) in [4.78, 5) is 13.0. The van der Waals surface area contributed by atoms with Gasteiger partial charge in [0, 0.05) is 6.42 Å². The molecule has 0 bridgehead atoms. The Morgan fingerprint density at radius 3 is 1.39 bits per heavy atom. The second-order valence-electron chi connectivity index (χ2n) is 17.9. The maximum absolute atomic E-state index is 13.0. The van der Waals surface area contributed by atoms with Gasteiger partial charge in [-0.15, -0.1) is 0 Å². The first kappa shape index (κ1) is 58.2. The van der Waals surface area contributed by atoms with Gasteiger partial charge in [0.1, 0.15) is 24.4 Å². The maximum Gasteiger partial charge on any atom is 0.220 e. The number of nitrogens with one attached hydrogen (secondary N) is 1. The van der Waals surface area contributed by atoms with Crippen LogP contribution in [-0.2, 0) is 14.3 Å². The largest absolute Gasteiger partial charge is 0.394 e. The van der Waals surface area contributed by atoms with Gasteiger partial charge in [-0.2, -0.15) is 0 Å². The van der Waals surface area contributed by atoms with Crippen molar-refractivity contribution >= 4 is 5.91 Å². The third-order valence-corrected chi connectivity index (χ3v) is 12.1. The van der Waals surface area contributed by atoms with E-state index in [1.165, 1.54) is 154 Å². The standard InChI is InChI=1S/C53H97NO8/c1-3-5-7-9-11-13-15-17-18-19-20-21-22-23-24-25-26-27-28-29-31-33-35-37-39-41-43-49(57)54-46(45-61-53-52(60)51(59)50(58)48(44-55)62-53)47(56)42-40-38-36-34-32-30-16-14-12-10-8-6-4-2/h12,14,23-24,32,34,40,42,46-48,50-53,55-56,58-60H,3-11,13,15-22,25-31,33,35-39,41,43-45H2,1-2H3,(H,54,57)/b14-12+,24-23-,34-32+,42-40+.